The fourth-order valence-corrected chi connectivity index (χ4v) is 2.52. The Balaban J connectivity index is 2.21. The van der Waals surface area contributed by atoms with Crippen LogP contribution in [0.3, 0.4) is 0 Å². The van der Waals surface area contributed by atoms with Crippen molar-refractivity contribution in [3.63, 3.8) is 0 Å². The maximum absolute atomic E-state index is 12.1. The zero-order valence-corrected chi connectivity index (χ0v) is 13.3. The minimum absolute atomic E-state index is 0.104. The van der Waals surface area contributed by atoms with Crippen LogP contribution in [0.15, 0.2) is 33.2 Å². The van der Waals surface area contributed by atoms with Gasteiger partial charge in [0.1, 0.15) is 11.6 Å². The Morgan fingerprint density at radius 1 is 1.38 bits per heavy atom. The molecule has 0 spiro atoms. The first-order valence-electron chi connectivity index (χ1n) is 6.60. The van der Waals surface area contributed by atoms with Crippen LogP contribution in [0.25, 0.3) is 11.0 Å². The standard InChI is InChI=1S/C15H16BrNO4/c1-8(2)6-11(15(19)20)17-14(18)12-7-9-4-3-5-10(16)13(9)21-12/h3-5,7-8,11H,6H2,1-2H3,(H,17,18)(H,19,20)/t11-/m1/s1. The van der Waals surface area contributed by atoms with Crippen molar-refractivity contribution in [1.82, 2.24) is 5.32 Å². The molecular formula is C15H16BrNO4. The highest BCUT2D eigenvalue weighted by Gasteiger charge is 2.23. The van der Waals surface area contributed by atoms with Gasteiger partial charge in [-0.2, -0.15) is 0 Å². The van der Waals surface area contributed by atoms with Gasteiger partial charge in [-0.25, -0.2) is 4.79 Å². The van der Waals surface area contributed by atoms with Gasteiger partial charge < -0.3 is 14.8 Å². The van der Waals surface area contributed by atoms with Gasteiger partial charge >= 0.3 is 5.97 Å². The number of carbonyl (C=O) groups is 2. The van der Waals surface area contributed by atoms with E-state index in [0.29, 0.717) is 12.0 Å². The average Bonchev–Trinajstić information content (AvgIpc) is 2.82. The van der Waals surface area contributed by atoms with Gasteiger partial charge in [-0.3, -0.25) is 4.79 Å². The second kappa shape index (κ2) is 6.30. The van der Waals surface area contributed by atoms with Crippen LogP contribution < -0.4 is 5.32 Å². The molecule has 0 unspecified atom stereocenters. The van der Waals surface area contributed by atoms with Crippen molar-refractivity contribution in [2.45, 2.75) is 26.3 Å². The number of carbonyl (C=O) groups excluding carboxylic acids is 1. The number of furan rings is 1. The number of carboxylic acids is 1. The predicted octanol–water partition coefficient (Wildman–Crippen LogP) is 3.42. The third-order valence-corrected chi connectivity index (χ3v) is 3.65. The van der Waals surface area contributed by atoms with Crippen LogP contribution in [-0.2, 0) is 4.79 Å². The minimum atomic E-state index is -1.05. The molecule has 112 valence electrons. The quantitative estimate of drug-likeness (QED) is 0.862. The van der Waals surface area contributed by atoms with Crippen LogP contribution in [0, 0.1) is 5.92 Å². The smallest absolute Gasteiger partial charge is 0.326 e. The van der Waals surface area contributed by atoms with Crippen molar-refractivity contribution in [1.29, 1.82) is 0 Å². The summed E-state index contributed by atoms with van der Waals surface area (Å²) in [6, 6.07) is 6.15. The molecule has 21 heavy (non-hydrogen) atoms. The number of carboxylic acid groups (broad SMARTS) is 1. The van der Waals surface area contributed by atoms with E-state index in [1.165, 1.54) is 0 Å². The maximum atomic E-state index is 12.1. The van der Waals surface area contributed by atoms with E-state index in [0.717, 1.165) is 9.86 Å². The number of hydrogen-bond donors (Lipinski definition) is 2. The lowest BCUT2D eigenvalue weighted by atomic mass is 10.0. The van der Waals surface area contributed by atoms with Crippen molar-refractivity contribution in [2.75, 3.05) is 0 Å². The van der Waals surface area contributed by atoms with Crippen LogP contribution in [0.4, 0.5) is 0 Å². The zero-order chi connectivity index (χ0) is 15.6. The molecule has 1 heterocycles. The topological polar surface area (TPSA) is 79.5 Å². The average molecular weight is 354 g/mol. The summed E-state index contributed by atoms with van der Waals surface area (Å²) in [5.74, 6) is -1.30. The minimum Gasteiger partial charge on any atom is -0.480 e. The van der Waals surface area contributed by atoms with Gasteiger partial charge in [0.15, 0.2) is 5.76 Å². The second-order valence-electron chi connectivity index (χ2n) is 5.26. The van der Waals surface area contributed by atoms with E-state index in [4.69, 9.17) is 9.52 Å². The third kappa shape index (κ3) is 3.64. The van der Waals surface area contributed by atoms with E-state index in [9.17, 15) is 9.59 Å². The number of fused-ring (bicyclic) bond motifs is 1. The molecule has 0 aliphatic rings. The van der Waals surface area contributed by atoms with E-state index in [1.807, 2.05) is 32.0 Å². The first kappa shape index (κ1) is 15.6. The molecule has 0 aliphatic heterocycles. The van der Waals surface area contributed by atoms with E-state index in [-0.39, 0.29) is 11.7 Å². The van der Waals surface area contributed by atoms with Crippen LogP contribution in [0.1, 0.15) is 30.8 Å². The molecule has 2 aromatic rings. The summed E-state index contributed by atoms with van der Waals surface area (Å²) in [6.45, 7) is 3.81. The summed E-state index contributed by atoms with van der Waals surface area (Å²) in [6.07, 6.45) is 0.366. The highest BCUT2D eigenvalue weighted by atomic mass is 79.9. The molecule has 1 aromatic heterocycles. The van der Waals surface area contributed by atoms with Gasteiger partial charge in [0.2, 0.25) is 0 Å². The lowest BCUT2D eigenvalue weighted by molar-refractivity contribution is -0.139. The van der Waals surface area contributed by atoms with Gasteiger partial charge in [-0.1, -0.05) is 26.0 Å². The molecule has 1 amide bonds. The first-order chi connectivity index (χ1) is 9.88. The normalized spacial score (nSPS) is 12.6. The highest BCUT2D eigenvalue weighted by molar-refractivity contribution is 9.10. The fourth-order valence-electron chi connectivity index (χ4n) is 2.06. The summed E-state index contributed by atoms with van der Waals surface area (Å²) in [7, 11) is 0. The Hall–Kier alpha value is -1.82. The maximum Gasteiger partial charge on any atom is 0.326 e. The van der Waals surface area contributed by atoms with Gasteiger partial charge in [0.05, 0.1) is 4.47 Å². The number of para-hydroxylation sites is 1. The zero-order valence-electron chi connectivity index (χ0n) is 11.7. The molecule has 0 aliphatic carbocycles. The number of amides is 1. The number of halogens is 1. The fraction of sp³-hybridized carbons (Fsp3) is 0.333. The molecule has 6 heteroatoms. The van der Waals surface area contributed by atoms with Crippen molar-refractivity contribution in [3.05, 3.63) is 34.5 Å². The molecule has 0 radical (unpaired) electrons. The third-order valence-electron chi connectivity index (χ3n) is 3.03. The van der Waals surface area contributed by atoms with Crippen molar-refractivity contribution < 1.29 is 19.1 Å². The molecular weight excluding hydrogens is 338 g/mol. The molecule has 2 N–H and O–H groups in total. The lowest BCUT2D eigenvalue weighted by Crippen LogP contribution is -2.41. The molecule has 1 aromatic carbocycles. The lowest BCUT2D eigenvalue weighted by Gasteiger charge is -2.15. The molecule has 0 saturated carbocycles. The van der Waals surface area contributed by atoms with Gasteiger partial charge in [-0.15, -0.1) is 0 Å². The molecule has 1 atom stereocenters. The monoisotopic (exact) mass is 353 g/mol. The Morgan fingerprint density at radius 3 is 2.67 bits per heavy atom. The van der Waals surface area contributed by atoms with Crippen LogP contribution in [-0.4, -0.2) is 23.0 Å². The summed E-state index contributed by atoms with van der Waals surface area (Å²) in [4.78, 5) is 23.3. The van der Waals surface area contributed by atoms with Gasteiger partial charge in [-0.05, 0) is 40.4 Å². The Bertz CT molecular complexity index is 677. The highest BCUT2D eigenvalue weighted by Crippen LogP contribution is 2.27. The molecule has 0 fully saturated rings. The molecule has 0 saturated heterocycles. The Labute approximate surface area is 130 Å². The van der Waals surface area contributed by atoms with E-state index in [2.05, 4.69) is 21.2 Å². The van der Waals surface area contributed by atoms with E-state index in [1.54, 1.807) is 6.07 Å². The number of benzene rings is 1. The number of hydrogen-bond acceptors (Lipinski definition) is 3. The van der Waals surface area contributed by atoms with Gasteiger partial charge in [0.25, 0.3) is 5.91 Å². The molecule has 5 nitrogen and oxygen atoms in total. The summed E-state index contributed by atoms with van der Waals surface area (Å²) in [5, 5.41) is 12.4. The van der Waals surface area contributed by atoms with Crippen molar-refractivity contribution >= 4 is 38.8 Å². The second-order valence-corrected chi connectivity index (χ2v) is 6.12. The summed E-state index contributed by atoms with van der Waals surface area (Å²) < 4.78 is 6.24. The number of nitrogens with one attached hydrogen (secondary N) is 1. The van der Waals surface area contributed by atoms with E-state index < -0.39 is 17.9 Å². The van der Waals surface area contributed by atoms with Gasteiger partial charge in [0, 0.05) is 5.39 Å². The van der Waals surface area contributed by atoms with Crippen LogP contribution in [0.2, 0.25) is 0 Å². The van der Waals surface area contributed by atoms with Crippen molar-refractivity contribution in [3.8, 4) is 0 Å². The SMILES string of the molecule is CC(C)C[C@@H](NC(=O)c1cc2cccc(Br)c2o1)C(=O)O. The largest absolute Gasteiger partial charge is 0.480 e. The van der Waals surface area contributed by atoms with E-state index >= 15 is 0 Å². The van der Waals surface area contributed by atoms with Crippen molar-refractivity contribution in [2.24, 2.45) is 5.92 Å². The summed E-state index contributed by atoms with van der Waals surface area (Å²) in [5.41, 5.74) is 0.568. The van der Waals surface area contributed by atoms with Crippen LogP contribution >= 0.6 is 15.9 Å². The Morgan fingerprint density at radius 2 is 2.10 bits per heavy atom. The Kier molecular flexibility index (Phi) is 4.67. The summed E-state index contributed by atoms with van der Waals surface area (Å²) >= 11 is 3.35. The predicted molar refractivity (Wildman–Crippen MR) is 82.3 cm³/mol. The van der Waals surface area contributed by atoms with Crippen LogP contribution in [0.5, 0.6) is 0 Å². The molecule has 0 bridgehead atoms. The molecule has 2 rings (SSSR count). The number of aliphatic carboxylic acids is 1. The number of rotatable bonds is 5. The first-order valence-corrected chi connectivity index (χ1v) is 7.39.